The number of unbranched alkanes of at least 4 members (excludes halogenated alkanes) is 1. The van der Waals surface area contributed by atoms with Crippen molar-refractivity contribution in [2.45, 2.75) is 52.1 Å². The molecule has 6 aromatic rings. The van der Waals surface area contributed by atoms with E-state index in [1.165, 1.54) is 6.33 Å². The Labute approximate surface area is 281 Å². The number of hydrogen-bond acceptors (Lipinski definition) is 8. The predicted molar refractivity (Wildman–Crippen MR) is 187 cm³/mol. The van der Waals surface area contributed by atoms with Gasteiger partial charge in [0.05, 0.1) is 22.8 Å². The Morgan fingerprint density at radius 3 is 2.73 bits per heavy atom. The lowest BCUT2D eigenvalue weighted by molar-refractivity contribution is -0.121. The minimum absolute atomic E-state index is 0.00251. The van der Waals surface area contributed by atoms with Crippen molar-refractivity contribution in [1.29, 1.82) is 0 Å². The maximum atomic E-state index is 13.4. The molecule has 0 radical (unpaired) electrons. The molecule has 6 rings (SSSR count). The average Bonchev–Trinajstić information content (AvgIpc) is 3.41. The SMILES string of the molecule is CC(C)NC(=O)CCCC#Cc1cccc2nc(Cc3cccc(Cl)c3Cn3nc(-c4cccc(O)c4)c4c(N)ncnc43)[nH]c(=O)c12. The molecule has 12 heteroatoms. The molecule has 0 unspecified atom stereocenters. The number of carbonyl (C=O) groups is 1. The molecular formula is C36H33ClN8O3. The van der Waals surface area contributed by atoms with Crippen molar-refractivity contribution in [3.63, 3.8) is 0 Å². The van der Waals surface area contributed by atoms with E-state index in [0.29, 0.717) is 75.3 Å². The van der Waals surface area contributed by atoms with Gasteiger partial charge in [0.2, 0.25) is 5.91 Å². The highest BCUT2D eigenvalue weighted by Gasteiger charge is 2.20. The second-order valence-corrected chi connectivity index (χ2v) is 12.1. The van der Waals surface area contributed by atoms with Crippen molar-refractivity contribution in [2.24, 2.45) is 0 Å². The summed E-state index contributed by atoms with van der Waals surface area (Å²) in [6.45, 7) is 4.10. The number of rotatable bonds is 9. The standard InChI is InChI=1S/C36H33ClN8O3/c1-21(2)41-30(47)16-5-3-4-9-22-10-8-15-28-31(22)36(48)43-29(42-28)18-23-11-7-14-27(37)26(23)19-45-35-32(34(38)39-20-40-35)33(44-45)24-12-6-13-25(46)17-24/h6-8,10-15,17,20-21,46H,3,5,16,18-19H2,1-2H3,(H,41,47)(H2,38,39,40)(H,42,43,48). The molecule has 3 heterocycles. The number of phenols is 1. The van der Waals surface area contributed by atoms with Crippen LogP contribution in [-0.4, -0.2) is 46.8 Å². The van der Waals surface area contributed by atoms with Crippen LogP contribution in [0.5, 0.6) is 5.75 Å². The number of nitrogens with one attached hydrogen (secondary N) is 2. The number of aromatic nitrogens is 6. The molecule has 0 bridgehead atoms. The molecule has 0 fully saturated rings. The monoisotopic (exact) mass is 660 g/mol. The third-order valence-electron chi connectivity index (χ3n) is 7.72. The number of phenolic OH excluding ortho intramolecular Hbond substituents is 1. The van der Waals surface area contributed by atoms with E-state index in [9.17, 15) is 14.7 Å². The topological polar surface area (TPSA) is 165 Å². The molecule has 11 nitrogen and oxygen atoms in total. The summed E-state index contributed by atoms with van der Waals surface area (Å²) in [7, 11) is 0. The Balaban J connectivity index is 1.28. The number of aromatic hydroxyl groups is 1. The molecule has 0 aliphatic rings. The molecule has 242 valence electrons. The van der Waals surface area contributed by atoms with Gasteiger partial charge in [0, 0.05) is 41.5 Å². The van der Waals surface area contributed by atoms with Crippen LogP contribution in [0.15, 0.2) is 71.8 Å². The van der Waals surface area contributed by atoms with Crippen LogP contribution in [0.3, 0.4) is 0 Å². The van der Waals surface area contributed by atoms with E-state index in [1.54, 1.807) is 41.1 Å². The number of H-pyrrole nitrogens is 1. The quantitative estimate of drug-likeness (QED) is 0.119. The maximum Gasteiger partial charge on any atom is 0.260 e. The number of anilines is 1. The summed E-state index contributed by atoms with van der Waals surface area (Å²) in [6, 6.07) is 17.8. The van der Waals surface area contributed by atoms with Gasteiger partial charge in [0.1, 0.15) is 29.4 Å². The van der Waals surface area contributed by atoms with E-state index in [2.05, 4.69) is 32.1 Å². The maximum absolute atomic E-state index is 13.4. The fraction of sp³-hybridized carbons (Fsp3) is 0.222. The van der Waals surface area contributed by atoms with Crippen molar-refractivity contribution in [1.82, 2.24) is 35.0 Å². The van der Waals surface area contributed by atoms with Gasteiger partial charge in [-0.05, 0) is 61.7 Å². The first kappa shape index (κ1) is 32.2. The van der Waals surface area contributed by atoms with E-state index in [-0.39, 0.29) is 35.6 Å². The smallest absolute Gasteiger partial charge is 0.260 e. The van der Waals surface area contributed by atoms with Crippen LogP contribution < -0.4 is 16.6 Å². The second kappa shape index (κ2) is 13.9. The van der Waals surface area contributed by atoms with Crippen LogP contribution in [-0.2, 0) is 17.8 Å². The third kappa shape index (κ3) is 6.99. The number of carbonyl (C=O) groups excluding carboxylic acids is 1. The number of fused-ring (bicyclic) bond motifs is 2. The average molecular weight is 661 g/mol. The van der Waals surface area contributed by atoms with Gasteiger partial charge < -0.3 is 21.1 Å². The van der Waals surface area contributed by atoms with E-state index in [4.69, 9.17) is 27.4 Å². The Hall–Kier alpha value is -5.73. The van der Waals surface area contributed by atoms with Crippen LogP contribution in [0.25, 0.3) is 33.2 Å². The zero-order valence-electron chi connectivity index (χ0n) is 26.4. The molecule has 0 saturated carbocycles. The molecule has 48 heavy (non-hydrogen) atoms. The molecule has 0 saturated heterocycles. The van der Waals surface area contributed by atoms with E-state index >= 15 is 0 Å². The van der Waals surface area contributed by atoms with Gasteiger partial charge in [-0.1, -0.05) is 53.8 Å². The van der Waals surface area contributed by atoms with Gasteiger partial charge >= 0.3 is 0 Å². The van der Waals surface area contributed by atoms with Crippen LogP contribution in [0.1, 0.15) is 55.6 Å². The number of amides is 1. The molecular weight excluding hydrogens is 628 g/mol. The lowest BCUT2D eigenvalue weighted by atomic mass is 10.0. The van der Waals surface area contributed by atoms with Crippen molar-refractivity contribution in [3.05, 3.63) is 105 Å². The van der Waals surface area contributed by atoms with Gasteiger partial charge in [0.15, 0.2) is 5.65 Å². The number of nitrogens with two attached hydrogens (primary N) is 1. The second-order valence-electron chi connectivity index (χ2n) is 11.7. The summed E-state index contributed by atoms with van der Waals surface area (Å²) in [4.78, 5) is 41.6. The summed E-state index contributed by atoms with van der Waals surface area (Å²) in [5, 5.41) is 19.3. The Bertz CT molecular complexity index is 2280. The van der Waals surface area contributed by atoms with Gasteiger partial charge in [-0.25, -0.2) is 19.6 Å². The van der Waals surface area contributed by atoms with Crippen LogP contribution in [0.2, 0.25) is 5.02 Å². The first-order chi connectivity index (χ1) is 23.2. The van der Waals surface area contributed by atoms with E-state index in [1.807, 2.05) is 38.1 Å². The number of benzene rings is 3. The number of hydrogen-bond donors (Lipinski definition) is 4. The Morgan fingerprint density at radius 2 is 1.92 bits per heavy atom. The van der Waals surface area contributed by atoms with Crippen molar-refractivity contribution in [2.75, 3.05) is 5.73 Å². The number of nitrogen functional groups attached to an aromatic ring is 1. The van der Waals surface area contributed by atoms with Gasteiger partial charge in [-0.3, -0.25) is 9.59 Å². The summed E-state index contributed by atoms with van der Waals surface area (Å²) >= 11 is 6.77. The Morgan fingerprint density at radius 1 is 1.10 bits per heavy atom. The normalized spacial score (nSPS) is 11.2. The fourth-order valence-electron chi connectivity index (χ4n) is 5.59. The summed E-state index contributed by atoms with van der Waals surface area (Å²) in [5.74, 6) is 7.01. The van der Waals surface area contributed by atoms with Gasteiger partial charge in [-0.15, -0.1) is 0 Å². The first-order valence-electron chi connectivity index (χ1n) is 15.5. The fourth-order valence-corrected chi connectivity index (χ4v) is 5.84. The summed E-state index contributed by atoms with van der Waals surface area (Å²) < 4.78 is 1.70. The molecule has 1 amide bonds. The highest BCUT2D eigenvalue weighted by atomic mass is 35.5. The minimum atomic E-state index is -0.291. The van der Waals surface area contributed by atoms with E-state index < -0.39 is 0 Å². The van der Waals surface area contributed by atoms with Gasteiger partial charge in [0.25, 0.3) is 5.56 Å². The summed E-state index contributed by atoms with van der Waals surface area (Å²) in [6.07, 6.45) is 3.23. The zero-order valence-corrected chi connectivity index (χ0v) is 27.2. The van der Waals surface area contributed by atoms with Crippen molar-refractivity contribution < 1.29 is 9.90 Å². The molecule has 5 N–H and O–H groups in total. The van der Waals surface area contributed by atoms with Gasteiger partial charge in [-0.2, -0.15) is 5.10 Å². The third-order valence-corrected chi connectivity index (χ3v) is 8.08. The largest absolute Gasteiger partial charge is 0.508 e. The zero-order chi connectivity index (χ0) is 33.8. The van der Waals surface area contributed by atoms with Crippen LogP contribution in [0.4, 0.5) is 5.82 Å². The molecule has 3 aromatic heterocycles. The molecule has 0 atom stereocenters. The van der Waals surface area contributed by atoms with Crippen molar-refractivity contribution in [3.8, 4) is 28.8 Å². The first-order valence-corrected chi connectivity index (χ1v) is 15.9. The number of halogens is 1. The molecule has 0 aliphatic heterocycles. The minimum Gasteiger partial charge on any atom is -0.508 e. The highest BCUT2D eigenvalue weighted by Crippen LogP contribution is 2.33. The number of aromatic amines is 1. The molecule has 0 spiro atoms. The highest BCUT2D eigenvalue weighted by molar-refractivity contribution is 6.31. The molecule has 3 aromatic carbocycles. The van der Waals surface area contributed by atoms with Crippen molar-refractivity contribution >= 4 is 45.3 Å². The molecule has 0 aliphatic carbocycles. The van der Waals surface area contributed by atoms with E-state index in [0.717, 1.165) is 11.1 Å². The predicted octanol–water partition coefficient (Wildman–Crippen LogP) is 5.36. The Kier molecular flexibility index (Phi) is 9.36. The number of nitrogens with zero attached hydrogens (tertiary/aromatic N) is 5. The van der Waals surface area contributed by atoms with Crippen LogP contribution >= 0.6 is 11.6 Å². The lowest BCUT2D eigenvalue weighted by Gasteiger charge is -2.12. The van der Waals surface area contributed by atoms with Crippen LogP contribution in [0, 0.1) is 11.8 Å². The lowest BCUT2D eigenvalue weighted by Crippen LogP contribution is -2.29. The summed E-state index contributed by atoms with van der Waals surface area (Å²) in [5.41, 5.74) is 10.4.